The zero-order valence-corrected chi connectivity index (χ0v) is 7.92. The minimum atomic E-state index is -4.37. The molecule has 0 saturated heterocycles. The van der Waals surface area contributed by atoms with Crippen molar-refractivity contribution >= 4 is 6.20 Å². The third-order valence-electron chi connectivity index (χ3n) is 2.04. The first-order chi connectivity index (χ1) is 7.50. The average Bonchev–Trinajstić information content (AvgIpc) is 2.26. The Morgan fingerprint density at radius 3 is 2.75 bits per heavy atom. The maximum atomic E-state index is 12.4. The summed E-state index contributed by atoms with van der Waals surface area (Å²) in [4.78, 5) is 0. The molecule has 0 atom stereocenters. The summed E-state index contributed by atoms with van der Waals surface area (Å²) in [6.45, 7) is 0. The van der Waals surface area contributed by atoms with E-state index in [0.29, 0.717) is 5.22 Å². The number of nitrogens with one attached hydrogen (secondary N) is 2. The molecule has 8 heteroatoms. The zero-order chi connectivity index (χ0) is 11.8. The predicted octanol–water partition coefficient (Wildman–Crippen LogP) is -0.823. The van der Waals surface area contributed by atoms with E-state index in [1.165, 1.54) is 17.4 Å². The van der Waals surface area contributed by atoms with Crippen molar-refractivity contribution in [2.45, 2.75) is 6.18 Å². The first-order valence-corrected chi connectivity index (χ1v) is 4.28. The lowest BCUT2D eigenvalue weighted by molar-refractivity contribution is -0.137. The highest BCUT2D eigenvalue weighted by atomic mass is 19.4. The number of nitrogens with zero attached hydrogens (tertiary/aromatic N) is 2. The van der Waals surface area contributed by atoms with Crippen LogP contribution in [0.1, 0.15) is 5.56 Å². The van der Waals surface area contributed by atoms with Crippen molar-refractivity contribution in [2.24, 2.45) is 10.9 Å². The molecule has 1 aliphatic rings. The maximum Gasteiger partial charge on any atom is 0.416 e. The van der Waals surface area contributed by atoms with Crippen molar-refractivity contribution in [3.63, 3.8) is 0 Å². The van der Waals surface area contributed by atoms with E-state index in [1.54, 1.807) is 0 Å². The SMILES string of the molecule is NNN1C=c2ccc(C(F)(F)F)cc2=NN1. The second-order valence-electron chi connectivity index (χ2n) is 3.11. The minimum Gasteiger partial charge on any atom is -0.252 e. The number of hydrogen-bond acceptors (Lipinski definition) is 5. The summed E-state index contributed by atoms with van der Waals surface area (Å²) in [5, 5.41) is 5.68. The van der Waals surface area contributed by atoms with E-state index in [-0.39, 0.29) is 5.36 Å². The van der Waals surface area contributed by atoms with Crippen LogP contribution in [0.2, 0.25) is 0 Å². The lowest BCUT2D eigenvalue weighted by Gasteiger charge is -2.19. The van der Waals surface area contributed by atoms with Gasteiger partial charge in [0.2, 0.25) is 0 Å². The largest absolute Gasteiger partial charge is 0.416 e. The molecule has 0 saturated carbocycles. The van der Waals surface area contributed by atoms with Gasteiger partial charge in [0.15, 0.2) is 0 Å². The van der Waals surface area contributed by atoms with E-state index >= 15 is 0 Å². The van der Waals surface area contributed by atoms with Crippen molar-refractivity contribution in [1.29, 1.82) is 0 Å². The molecule has 86 valence electrons. The maximum absolute atomic E-state index is 12.4. The summed E-state index contributed by atoms with van der Waals surface area (Å²) in [5.74, 6) is 5.10. The molecule has 1 heterocycles. The fourth-order valence-corrected chi connectivity index (χ4v) is 1.27. The number of hydrazine groups is 3. The van der Waals surface area contributed by atoms with Crippen molar-refractivity contribution in [3.8, 4) is 0 Å². The van der Waals surface area contributed by atoms with Gasteiger partial charge < -0.3 is 0 Å². The highest BCUT2D eigenvalue weighted by Crippen LogP contribution is 2.27. The molecule has 5 nitrogen and oxygen atoms in total. The number of fused-ring (bicyclic) bond motifs is 1. The van der Waals surface area contributed by atoms with Gasteiger partial charge in [-0.25, -0.2) is 5.53 Å². The van der Waals surface area contributed by atoms with Crippen LogP contribution in [-0.4, -0.2) is 5.12 Å². The molecule has 0 amide bonds. The van der Waals surface area contributed by atoms with Gasteiger partial charge in [-0.05, 0) is 12.1 Å². The molecule has 0 spiro atoms. The second kappa shape index (κ2) is 3.65. The first-order valence-electron chi connectivity index (χ1n) is 4.28. The molecule has 0 fully saturated rings. The van der Waals surface area contributed by atoms with E-state index in [0.717, 1.165) is 12.1 Å². The Balaban J connectivity index is 2.51. The summed E-state index contributed by atoms with van der Waals surface area (Å²) < 4.78 is 37.2. The van der Waals surface area contributed by atoms with Crippen molar-refractivity contribution in [1.82, 2.24) is 16.2 Å². The Labute approximate surface area is 87.9 Å². The summed E-state index contributed by atoms with van der Waals surface area (Å²) >= 11 is 0. The standard InChI is InChI=1S/C8H8F3N5/c9-8(10,11)6-2-1-5-4-16(14-12)15-13-7(5)3-6/h1-4,14-15H,12H2. The number of rotatable bonds is 1. The fourth-order valence-electron chi connectivity index (χ4n) is 1.27. The van der Waals surface area contributed by atoms with Crippen LogP contribution in [0.3, 0.4) is 0 Å². The van der Waals surface area contributed by atoms with Gasteiger partial charge in [-0.3, -0.25) is 5.84 Å². The van der Waals surface area contributed by atoms with Crippen molar-refractivity contribution < 1.29 is 13.2 Å². The predicted molar refractivity (Wildman–Crippen MR) is 49.0 cm³/mol. The van der Waals surface area contributed by atoms with E-state index < -0.39 is 11.7 Å². The van der Waals surface area contributed by atoms with Crippen LogP contribution in [0, 0.1) is 0 Å². The molecule has 4 N–H and O–H groups in total. The van der Waals surface area contributed by atoms with Gasteiger partial charge in [-0.15, -0.1) is 0 Å². The summed E-state index contributed by atoms with van der Waals surface area (Å²) in [6.07, 6.45) is -2.88. The van der Waals surface area contributed by atoms with E-state index in [4.69, 9.17) is 5.84 Å². The van der Waals surface area contributed by atoms with Gasteiger partial charge in [0.05, 0.1) is 17.1 Å². The van der Waals surface area contributed by atoms with E-state index in [9.17, 15) is 13.2 Å². The van der Waals surface area contributed by atoms with Gasteiger partial charge >= 0.3 is 6.18 Å². The second-order valence-corrected chi connectivity index (χ2v) is 3.11. The third kappa shape index (κ3) is 1.92. The normalized spacial score (nSPS) is 14.6. The fraction of sp³-hybridized carbons (Fsp3) is 0.125. The Bertz CT molecular complexity index is 509. The molecule has 1 aromatic rings. The monoisotopic (exact) mass is 231 g/mol. The average molecular weight is 231 g/mol. The molecule has 0 aliphatic carbocycles. The van der Waals surface area contributed by atoms with Gasteiger partial charge in [0.25, 0.3) is 0 Å². The number of hydrogen-bond donors (Lipinski definition) is 3. The Morgan fingerprint density at radius 1 is 1.38 bits per heavy atom. The van der Waals surface area contributed by atoms with Crippen LogP contribution in [0.4, 0.5) is 13.2 Å². The molecule has 0 radical (unpaired) electrons. The molecule has 2 rings (SSSR count). The van der Waals surface area contributed by atoms with E-state index in [2.05, 4.69) is 16.2 Å². The van der Waals surface area contributed by atoms with Crippen molar-refractivity contribution in [2.75, 3.05) is 0 Å². The van der Waals surface area contributed by atoms with Gasteiger partial charge in [-0.1, -0.05) is 6.07 Å². The number of benzene rings is 1. The summed E-state index contributed by atoms with van der Waals surface area (Å²) in [7, 11) is 0. The molecule has 16 heavy (non-hydrogen) atoms. The highest BCUT2D eigenvalue weighted by molar-refractivity contribution is 5.27. The van der Waals surface area contributed by atoms with Crippen LogP contribution < -0.4 is 27.5 Å². The minimum absolute atomic E-state index is 0.210. The van der Waals surface area contributed by atoms with Gasteiger partial charge in [0.1, 0.15) is 0 Å². The zero-order valence-electron chi connectivity index (χ0n) is 7.92. The third-order valence-corrected chi connectivity index (χ3v) is 2.04. The number of halogens is 3. The van der Waals surface area contributed by atoms with E-state index in [1.807, 2.05) is 0 Å². The van der Waals surface area contributed by atoms with Crippen LogP contribution in [0.5, 0.6) is 0 Å². The summed E-state index contributed by atoms with van der Waals surface area (Å²) in [6, 6.07) is 3.28. The molecule has 1 aliphatic heterocycles. The topological polar surface area (TPSA) is 65.7 Å². The molecule has 1 aromatic carbocycles. The Morgan fingerprint density at radius 2 is 2.12 bits per heavy atom. The van der Waals surface area contributed by atoms with Crippen LogP contribution >= 0.6 is 0 Å². The van der Waals surface area contributed by atoms with Crippen LogP contribution in [-0.2, 0) is 6.18 Å². The first kappa shape index (κ1) is 10.7. The molecular weight excluding hydrogens is 223 g/mol. The molecule has 0 unspecified atom stereocenters. The lowest BCUT2D eigenvalue weighted by Crippen LogP contribution is -2.51. The number of nitrogens with two attached hydrogens (primary N) is 1. The highest BCUT2D eigenvalue weighted by Gasteiger charge is 2.30. The van der Waals surface area contributed by atoms with Gasteiger partial charge in [0, 0.05) is 5.22 Å². The Hall–Kier alpha value is -1.80. The van der Waals surface area contributed by atoms with Crippen LogP contribution in [0.15, 0.2) is 23.3 Å². The smallest absolute Gasteiger partial charge is 0.252 e. The molecule has 0 bridgehead atoms. The number of alkyl halides is 3. The van der Waals surface area contributed by atoms with Crippen LogP contribution in [0.25, 0.3) is 6.20 Å². The Kier molecular flexibility index (Phi) is 2.44. The lowest BCUT2D eigenvalue weighted by atomic mass is 10.2. The molecular formula is C8H8F3N5. The molecule has 0 aromatic heterocycles. The quantitative estimate of drug-likeness (QED) is 0.436. The summed E-state index contributed by atoms with van der Waals surface area (Å²) in [5.41, 5.74) is 3.91. The van der Waals surface area contributed by atoms with Crippen molar-refractivity contribution in [3.05, 3.63) is 34.3 Å². The van der Waals surface area contributed by atoms with Gasteiger partial charge in [-0.2, -0.15) is 28.9 Å².